The SMILES string of the molecule is Cc1cccc(C(=O)Nc2ccc(-c3nccs3)cc2)n1. The molecule has 0 aliphatic heterocycles. The largest absolute Gasteiger partial charge is 0.321 e. The van der Waals surface area contributed by atoms with E-state index in [0.717, 1.165) is 22.0 Å². The third kappa shape index (κ3) is 3.14. The molecule has 0 spiro atoms. The standard InChI is InChI=1S/C16H13N3OS/c1-11-3-2-4-14(18-11)15(20)19-13-7-5-12(6-8-13)16-17-9-10-21-16/h2-10H,1H3,(H,19,20). The lowest BCUT2D eigenvalue weighted by molar-refractivity contribution is 0.102. The van der Waals surface area contributed by atoms with Crippen molar-refractivity contribution in [2.45, 2.75) is 6.92 Å². The molecule has 1 N–H and O–H groups in total. The lowest BCUT2D eigenvalue weighted by Crippen LogP contribution is -2.13. The van der Waals surface area contributed by atoms with Crippen LogP contribution in [0, 0.1) is 6.92 Å². The number of nitrogens with zero attached hydrogens (tertiary/aromatic N) is 2. The summed E-state index contributed by atoms with van der Waals surface area (Å²) in [5.74, 6) is -0.208. The van der Waals surface area contributed by atoms with Crippen molar-refractivity contribution in [3.63, 3.8) is 0 Å². The summed E-state index contributed by atoms with van der Waals surface area (Å²) in [5, 5.41) is 5.74. The Kier molecular flexibility index (Phi) is 3.75. The number of thiazole rings is 1. The Morgan fingerprint density at radius 3 is 2.62 bits per heavy atom. The van der Waals surface area contributed by atoms with E-state index in [1.54, 1.807) is 23.6 Å². The van der Waals surface area contributed by atoms with Crippen molar-refractivity contribution < 1.29 is 4.79 Å². The Morgan fingerprint density at radius 2 is 1.95 bits per heavy atom. The summed E-state index contributed by atoms with van der Waals surface area (Å²) in [5.41, 5.74) is 3.01. The van der Waals surface area contributed by atoms with Crippen molar-refractivity contribution in [3.8, 4) is 10.6 Å². The predicted octanol–water partition coefficient (Wildman–Crippen LogP) is 3.77. The molecule has 3 rings (SSSR count). The predicted molar refractivity (Wildman–Crippen MR) is 84.5 cm³/mol. The van der Waals surface area contributed by atoms with Crippen LogP contribution >= 0.6 is 11.3 Å². The zero-order valence-electron chi connectivity index (χ0n) is 11.4. The number of hydrogen-bond acceptors (Lipinski definition) is 4. The summed E-state index contributed by atoms with van der Waals surface area (Å²) < 4.78 is 0. The summed E-state index contributed by atoms with van der Waals surface area (Å²) >= 11 is 1.59. The lowest BCUT2D eigenvalue weighted by Gasteiger charge is -2.06. The number of pyridine rings is 1. The van der Waals surface area contributed by atoms with Gasteiger partial charge in [0.15, 0.2) is 0 Å². The number of nitrogens with one attached hydrogen (secondary N) is 1. The Labute approximate surface area is 126 Å². The van der Waals surface area contributed by atoms with Crippen LogP contribution in [0.2, 0.25) is 0 Å². The van der Waals surface area contributed by atoms with Crippen LogP contribution < -0.4 is 5.32 Å². The van der Waals surface area contributed by atoms with Gasteiger partial charge in [0.1, 0.15) is 10.7 Å². The molecule has 2 heterocycles. The number of aromatic nitrogens is 2. The monoisotopic (exact) mass is 295 g/mol. The number of rotatable bonds is 3. The van der Waals surface area contributed by atoms with E-state index in [-0.39, 0.29) is 5.91 Å². The molecule has 0 atom stereocenters. The maximum Gasteiger partial charge on any atom is 0.274 e. The van der Waals surface area contributed by atoms with Crippen LogP contribution in [0.4, 0.5) is 5.69 Å². The number of anilines is 1. The van der Waals surface area contributed by atoms with Crippen LogP contribution in [0.15, 0.2) is 54.0 Å². The van der Waals surface area contributed by atoms with Gasteiger partial charge in [-0.15, -0.1) is 11.3 Å². The molecule has 1 aromatic carbocycles. The zero-order valence-corrected chi connectivity index (χ0v) is 12.2. The highest BCUT2D eigenvalue weighted by atomic mass is 32.1. The van der Waals surface area contributed by atoms with E-state index in [9.17, 15) is 4.79 Å². The first-order valence-corrected chi connectivity index (χ1v) is 7.35. The highest BCUT2D eigenvalue weighted by molar-refractivity contribution is 7.13. The second-order valence-electron chi connectivity index (χ2n) is 4.53. The number of carbonyl (C=O) groups is 1. The second kappa shape index (κ2) is 5.85. The minimum atomic E-state index is -0.208. The minimum Gasteiger partial charge on any atom is -0.321 e. The van der Waals surface area contributed by atoms with Gasteiger partial charge in [0.2, 0.25) is 0 Å². The third-order valence-electron chi connectivity index (χ3n) is 2.94. The first kappa shape index (κ1) is 13.5. The van der Waals surface area contributed by atoms with Crippen LogP contribution in [0.1, 0.15) is 16.2 Å². The Morgan fingerprint density at radius 1 is 1.14 bits per heavy atom. The number of hydrogen-bond donors (Lipinski definition) is 1. The molecule has 5 heteroatoms. The normalized spacial score (nSPS) is 10.3. The van der Waals surface area contributed by atoms with Crippen LogP contribution in [-0.4, -0.2) is 15.9 Å². The van der Waals surface area contributed by atoms with Crippen LogP contribution in [0.25, 0.3) is 10.6 Å². The molecule has 21 heavy (non-hydrogen) atoms. The van der Waals surface area contributed by atoms with Crippen LogP contribution in [-0.2, 0) is 0 Å². The Bertz CT molecular complexity index is 751. The quantitative estimate of drug-likeness (QED) is 0.800. The second-order valence-corrected chi connectivity index (χ2v) is 5.43. The van der Waals surface area contributed by atoms with E-state index < -0.39 is 0 Å². The molecule has 2 aromatic heterocycles. The van der Waals surface area contributed by atoms with Gasteiger partial charge in [-0.05, 0) is 43.3 Å². The number of aryl methyl sites for hydroxylation is 1. The smallest absolute Gasteiger partial charge is 0.274 e. The van der Waals surface area contributed by atoms with Gasteiger partial charge in [0, 0.05) is 28.5 Å². The molecule has 4 nitrogen and oxygen atoms in total. The summed E-state index contributed by atoms with van der Waals surface area (Å²) in [6.07, 6.45) is 1.78. The van der Waals surface area contributed by atoms with Crippen molar-refractivity contribution in [1.29, 1.82) is 0 Å². The van der Waals surface area contributed by atoms with Crippen molar-refractivity contribution >= 4 is 22.9 Å². The summed E-state index contributed by atoms with van der Waals surface area (Å²) in [6, 6.07) is 13.0. The van der Waals surface area contributed by atoms with Crippen LogP contribution in [0.5, 0.6) is 0 Å². The zero-order chi connectivity index (χ0) is 14.7. The van der Waals surface area contributed by atoms with E-state index in [4.69, 9.17) is 0 Å². The Balaban J connectivity index is 1.75. The molecule has 0 aliphatic rings. The van der Waals surface area contributed by atoms with Gasteiger partial charge >= 0.3 is 0 Å². The maximum atomic E-state index is 12.1. The molecule has 0 bridgehead atoms. The molecular formula is C16H13N3OS. The molecule has 0 fully saturated rings. The van der Waals surface area contributed by atoms with E-state index in [1.165, 1.54) is 0 Å². The number of benzene rings is 1. The van der Waals surface area contributed by atoms with Crippen molar-refractivity contribution in [2.24, 2.45) is 0 Å². The average molecular weight is 295 g/mol. The summed E-state index contributed by atoms with van der Waals surface area (Å²) in [7, 11) is 0. The first-order chi connectivity index (χ1) is 10.2. The average Bonchev–Trinajstić information content (AvgIpc) is 3.02. The molecule has 0 saturated heterocycles. The van der Waals surface area contributed by atoms with Gasteiger partial charge in [-0.2, -0.15) is 0 Å². The van der Waals surface area contributed by atoms with Gasteiger partial charge in [-0.3, -0.25) is 4.79 Å². The topological polar surface area (TPSA) is 54.9 Å². The lowest BCUT2D eigenvalue weighted by atomic mass is 10.2. The van der Waals surface area contributed by atoms with Crippen molar-refractivity contribution in [1.82, 2.24) is 9.97 Å². The molecule has 1 amide bonds. The summed E-state index contributed by atoms with van der Waals surface area (Å²) in [4.78, 5) is 20.6. The number of carbonyl (C=O) groups excluding carboxylic acids is 1. The van der Waals surface area contributed by atoms with Gasteiger partial charge in [0.05, 0.1) is 0 Å². The first-order valence-electron chi connectivity index (χ1n) is 6.47. The minimum absolute atomic E-state index is 0.208. The molecule has 104 valence electrons. The molecule has 0 radical (unpaired) electrons. The van der Waals surface area contributed by atoms with Crippen LogP contribution in [0.3, 0.4) is 0 Å². The molecule has 0 saturated carbocycles. The third-order valence-corrected chi connectivity index (χ3v) is 3.77. The number of amides is 1. The van der Waals surface area contributed by atoms with Gasteiger partial charge < -0.3 is 5.32 Å². The van der Waals surface area contributed by atoms with E-state index in [0.29, 0.717) is 5.69 Å². The van der Waals surface area contributed by atoms with Crippen molar-refractivity contribution in [3.05, 3.63) is 65.4 Å². The van der Waals surface area contributed by atoms with Gasteiger partial charge in [0.25, 0.3) is 5.91 Å². The fourth-order valence-corrected chi connectivity index (χ4v) is 2.57. The van der Waals surface area contributed by atoms with Crippen molar-refractivity contribution in [2.75, 3.05) is 5.32 Å². The molecule has 0 unspecified atom stereocenters. The van der Waals surface area contributed by atoms with E-state index in [1.807, 2.05) is 48.7 Å². The summed E-state index contributed by atoms with van der Waals surface area (Å²) in [6.45, 7) is 1.86. The van der Waals surface area contributed by atoms with Gasteiger partial charge in [-0.1, -0.05) is 6.07 Å². The molecule has 3 aromatic rings. The maximum absolute atomic E-state index is 12.1. The van der Waals surface area contributed by atoms with Gasteiger partial charge in [-0.25, -0.2) is 9.97 Å². The van der Waals surface area contributed by atoms with E-state index in [2.05, 4.69) is 15.3 Å². The fraction of sp³-hybridized carbons (Fsp3) is 0.0625. The molecular weight excluding hydrogens is 282 g/mol. The highest BCUT2D eigenvalue weighted by Crippen LogP contribution is 2.23. The fourth-order valence-electron chi connectivity index (χ4n) is 1.93. The Hall–Kier alpha value is -2.53. The highest BCUT2D eigenvalue weighted by Gasteiger charge is 2.08. The molecule has 0 aliphatic carbocycles. The van der Waals surface area contributed by atoms with E-state index >= 15 is 0 Å².